The number of rotatable bonds is 3. The number of benzene rings is 2. The van der Waals surface area contributed by atoms with Crippen LogP contribution in [0.4, 0.5) is 0 Å². The molecule has 0 heterocycles. The van der Waals surface area contributed by atoms with Gasteiger partial charge in [0.2, 0.25) is 0 Å². The lowest BCUT2D eigenvalue weighted by atomic mass is 9.69. The zero-order chi connectivity index (χ0) is 18.5. The van der Waals surface area contributed by atoms with Crippen molar-refractivity contribution in [2.75, 3.05) is 0 Å². The van der Waals surface area contributed by atoms with Crippen LogP contribution in [-0.2, 0) is 10.8 Å². The largest absolute Gasteiger partial charge is 0.478 e. The topological polar surface area (TPSA) is 37.3 Å². The summed E-state index contributed by atoms with van der Waals surface area (Å²) in [7, 11) is 0. The Kier molecular flexibility index (Phi) is 3.83. The van der Waals surface area contributed by atoms with Crippen molar-refractivity contribution in [2.45, 2.75) is 57.3 Å². The van der Waals surface area contributed by atoms with E-state index in [-0.39, 0.29) is 0 Å². The zero-order valence-electron chi connectivity index (χ0n) is 15.8. The molecule has 2 aromatic carbocycles. The molecule has 2 aromatic rings. The van der Waals surface area contributed by atoms with Gasteiger partial charge >= 0.3 is 5.97 Å². The average molecular weight is 346 g/mol. The van der Waals surface area contributed by atoms with Crippen molar-refractivity contribution >= 4 is 17.6 Å². The summed E-state index contributed by atoms with van der Waals surface area (Å²) in [5.41, 5.74) is 7.61. The van der Waals surface area contributed by atoms with E-state index in [0.29, 0.717) is 16.4 Å². The highest BCUT2D eigenvalue weighted by atomic mass is 16.4. The van der Waals surface area contributed by atoms with Crippen molar-refractivity contribution in [1.82, 2.24) is 0 Å². The molecule has 0 amide bonds. The minimum absolute atomic E-state index is 0.321. The number of fused-ring (bicyclic) bond motifs is 5. The number of aromatic carboxylic acids is 1. The molecule has 0 spiro atoms. The third kappa shape index (κ3) is 2.68. The molecule has 2 bridgehead atoms. The van der Waals surface area contributed by atoms with Crippen LogP contribution in [0.2, 0.25) is 0 Å². The molecular formula is C24H26O2. The molecule has 26 heavy (non-hydrogen) atoms. The van der Waals surface area contributed by atoms with E-state index >= 15 is 0 Å². The Balaban J connectivity index is 1.69. The maximum Gasteiger partial charge on any atom is 0.335 e. The fourth-order valence-electron chi connectivity index (χ4n) is 5.24. The molecule has 4 rings (SSSR count). The molecule has 0 saturated heterocycles. The van der Waals surface area contributed by atoms with Crippen molar-refractivity contribution in [3.63, 3.8) is 0 Å². The normalized spacial score (nSPS) is 27.3. The van der Waals surface area contributed by atoms with E-state index in [0.717, 1.165) is 5.56 Å². The highest BCUT2D eigenvalue weighted by Gasteiger charge is 2.49. The fourth-order valence-corrected chi connectivity index (χ4v) is 5.24. The Morgan fingerprint density at radius 3 is 2.23 bits per heavy atom. The highest BCUT2D eigenvalue weighted by Crippen LogP contribution is 2.57. The van der Waals surface area contributed by atoms with Crippen molar-refractivity contribution < 1.29 is 9.90 Å². The van der Waals surface area contributed by atoms with Gasteiger partial charge in [0, 0.05) is 0 Å². The van der Waals surface area contributed by atoms with Crippen molar-refractivity contribution in [1.29, 1.82) is 0 Å². The van der Waals surface area contributed by atoms with Gasteiger partial charge in [-0.2, -0.15) is 0 Å². The van der Waals surface area contributed by atoms with Crippen LogP contribution < -0.4 is 0 Å². The Bertz CT molecular complexity index is 906. The van der Waals surface area contributed by atoms with Gasteiger partial charge in [0.25, 0.3) is 0 Å². The molecule has 0 radical (unpaired) electrons. The molecule has 1 saturated carbocycles. The number of carboxylic acids is 1. The number of allylic oxidation sites excluding steroid dienone is 1. The van der Waals surface area contributed by atoms with Crippen LogP contribution >= 0.6 is 0 Å². The maximum absolute atomic E-state index is 11.0. The van der Waals surface area contributed by atoms with E-state index in [4.69, 9.17) is 5.11 Å². The van der Waals surface area contributed by atoms with E-state index in [2.05, 4.69) is 45.0 Å². The van der Waals surface area contributed by atoms with Gasteiger partial charge in [-0.3, -0.25) is 0 Å². The van der Waals surface area contributed by atoms with Crippen LogP contribution in [0.5, 0.6) is 0 Å². The van der Waals surface area contributed by atoms with E-state index in [1.165, 1.54) is 36.8 Å². The summed E-state index contributed by atoms with van der Waals surface area (Å²) >= 11 is 0. The molecule has 2 unspecified atom stereocenters. The van der Waals surface area contributed by atoms with Gasteiger partial charge in [0.1, 0.15) is 0 Å². The SMILES string of the molecule is C/C(=C\c1ccc(C(=O)O)cc1)c1ccc2c(c1)C1(C)CCCC2(C)C1. The highest BCUT2D eigenvalue weighted by molar-refractivity contribution is 5.88. The minimum Gasteiger partial charge on any atom is -0.478 e. The first kappa shape index (κ1) is 17.1. The number of hydrogen-bond donors (Lipinski definition) is 1. The second-order valence-electron chi connectivity index (χ2n) is 8.67. The van der Waals surface area contributed by atoms with Crippen LogP contribution in [0.3, 0.4) is 0 Å². The molecule has 2 aliphatic rings. The smallest absolute Gasteiger partial charge is 0.335 e. The molecule has 0 aliphatic heterocycles. The van der Waals surface area contributed by atoms with Gasteiger partial charge in [-0.1, -0.05) is 56.7 Å². The van der Waals surface area contributed by atoms with Gasteiger partial charge in [-0.15, -0.1) is 0 Å². The number of hydrogen-bond acceptors (Lipinski definition) is 1. The van der Waals surface area contributed by atoms with Crippen molar-refractivity contribution in [2.24, 2.45) is 0 Å². The van der Waals surface area contributed by atoms with Crippen molar-refractivity contribution in [3.05, 3.63) is 70.3 Å². The summed E-state index contributed by atoms with van der Waals surface area (Å²) in [5, 5.41) is 9.03. The van der Waals surface area contributed by atoms with E-state index in [9.17, 15) is 4.79 Å². The Labute approximate surface area is 155 Å². The molecule has 1 N–H and O–H groups in total. The summed E-state index contributed by atoms with van der Waals surface area (Å²) in [6.07, 6.45) is 7.33. The lowest BCUT2D eigenvalue weighted by molar-refractivity contribution is 0.0697. The first-order valence-corrected chi connectivity index (χ1v) is 9.48. The molecule has 2 atom stereocenters. The molecule has 2 aliphatic carbocycles. The van der Waals surface area contributed by atoms with Crippen LogP contribution in [0.25, 0.3) is 11.6 Å². The summed E-state index contributed by atoms with van der Waals surface area (Å²) in [6.45, 7) is 7.00. The first-order valence-electron chi connectivity index (χ1n) is 9.48. The lowest BCUT2D eigenvalue weighted by Crippen LogP contribution is -2.29. The second-order valence-corrected chi connectivity index (χ2v) is 8.67. The standard InChI is InChI=1S/C24H26O2/c1-16(13-17-5-7-18(8-6-17)22(25)26)19-9-10-20-21(14-19)24(3)12-4-11-23(20,2)15-24/h5-10,13-14H,4,11-12,15H2,1-3H3,(H,25,26)/b16-13+. The third-order valence-corrected chi connectivity index (χ3v) is 6.55. The van der Waals surface area contributed by atoms with E-state index in [1.807, 2.05) is 12.1 Å². The van der Waals surface area contributed by atoms with Crippen LogP contribution in [0, 0.1) is 0 Å². The average Bonchev–Trinajstić information content (AvgIpc) is 2.76. The Morgan fingerprint density at radius 2 is 1.58 bits per heavy atom. The van der Waals surface area contributed by atoms with Gasteiger partial charge in [-0.05, 0) is 77.0 Å². The predicted octanol–water partition coefficient (Wildman–Crippen LogP) is 6.05. The fraction of sp³-hybridized carbons (Fsp3) is 0.375. The van der Waals surface area contributed by atoms with Crippen LogP contribution in [0.15, 0.2) is 42.5 Å². The quantitative estimate of drug-likeness (QED) is 0.687. The van der Waals surface area contributed by atoms with Crippen molar-refractivity contribution in [3.8, 4) is 0 Å². The van der Waals surface area contributed by atoms with Gasteiger partial charge in [0.15, 0.2) is 0 Å². The Hall–Kier alpha value is -2.35. The maximum atomic E-state index is 11.0. The van der Waals surface area contributed by atoms with E-state index < -0.39 is 5.97 Å². The predicted molar refractivity (Wildman–Crippen MR) is 107 cm³/mol. The lowest BCUT2D eigenvalue weighted by Gasteiger charge is -2.35. The summed E-state index contributed by atoms with van der Waals surface area (Å²) in [5.74, 6) is -0.885. The summed E-state index contributed by atoms with van der Waals surface area (Å²) in [4.78, 5) is 11.0. The first-order chi connectivity index (χ1) is 12.3. The Morgan fingerprint density at radius 1 is 0.962 bits per heavy atom. The monoisotopic (exact) mass is 346 g/mol. The molecular weight excluding hydrogens is 320 g/mol. The molecule has 1 fully saturated rings. The molecule has 2 heteroatoms. The summed E-state index contributed by atoms with van der Waals surface area (Å²) in [6, 6.07) is 14.1. The molecule has 2 nitrogen and oxygen atoms in total. The minimum atomic E-state index is -0.885. The van der Waals surface area contributed by atoms with Gasteiger partial charge in [-0.25, -0.2) is 4.79 Å². The van der Waals surface area contributed by atoms with E-state index in [1.54, 1.807) is 23.3 Å². The van der Waals surface area contributed by atoms with Gasteiger partial charge < -0.3 is 5.11 Å². The van der Waals surface area contributed by atoms with Crippen LogP contribution in [0.1, 0.15) is 79.1 Å². The third-order valence-electron chi connectivity index (χ3n) is 6.55. The second kappa shape index (κ2) is 5.84. The van der Waals surface area contributed by atoms with Crippen LogP contribution in [-0.4, -0.2) is 11.1 Å². The summed E-state index contributed by atoms with van der Waals surface area (Å²) < 4.78 is 0. The number of carbonyl (C=O) groups is 1. The number of carboxylic acid groups (broad SMARTS) is 1. The molecule has 134 valence electrons. The van der Waals surface area contributed by atoms with Gasteiger partial charge in [0.05, 0.1) is 5.56 Å². The zero-order valence-corrected chi connectivity index (χ0v) is 15.8. The molecule has 0 aromatic heterocycles.